The molecule has 0 saturated heterocycles. The Balaban J connectivity index is 2.65. The summed E-state index contributed by atoms with van der Waals surface area (Å²) >= 11 is 0. The van der Waals surface area contributed by atoms with Gasteiger partial charge in [0.15, 0.2) is 5.78 Å². The lowest BCUT2D eigenvalue weighted by atomic mass is 9.96. The summed E-state index contributed by atoms with van der Waals surface area (Å²) in [6.45, 7) is 9.26. The largest absolute Gasteiger partial charge is 0.496 e. The molecule has 1 aromatic carbocycles. The molecule has 1 unspecified atom stereocenters. The maximum atomic E-state index is 12.2. The number of ether oxygens (including phenoxy) is 1. The number of nitrogens with one attached hydrogen (secondary N) is 1. The Labute approximate surface area is 154 Å². The Morgan fingerprint density at radius 3 is 2.65 bits per heavy atom. The summed E-state index contributed by atoms with van der Waals surface area (Å²) in [5.41, 5.74) is 7.38. The normalized spacial score (nSPS) is 11.8. The maximum Gasteiger partial charge on any atom is 0.252 e. The fourth-order valence-corrected chi connectivity index (χ4v) is 2.41. The minimum Gasteiger partial charge on any atom is -0.496 e. The van der Waals surface area contributed by atoms with Crippen molar-refractivity contribution >= 4 is 23.5 Å². The second kappa shape index (κ2) is 10.1. The summed E-state index contributed by atoms with van der Waals surface area (Å²) < 4.78 is 5.09. The van der Waals surface area contributed by atoms with Gasteiger partial charge in [-0.2, -0.15) is 0 Å². The van der Waals surface area contributed by atoms with Crippen LogP contribution in [0.3, 0.4) is 0 Å². The van der Waals surface area contributed by atoms with Crippen molar-refractivity contribution in [2.24, 2.45) is 11.7 Å². The van der Waals surface area contributed by atoms with Crippen molar-refractivity contribution in [2.75, 3.05) is 7.11 Å². The summed E-state index contributed by atoms with van der Waals surface area (Å²) in [6, 6.07) is 5.00. The summed E-state index contributed by atoms with van der Waals surface area (Å²) in [5, 5.41) is 7.61. The quantitative estimate of drug-likeness (QED) is 0.465. The van der Waals surface area contributed by atoms with Crippen molar-refractivity contribution in [3.63, 3.8) is 0 Å². The van der Waals surface area contributed by atoms with Crippen LogP contribution < -0.4 is 10.5 Å². The van der Waals surface area contributed by atoms with Crippen molar-refractivity contribution in [2.45, 2.75) is 26.2 Å². The van der Waals surface area contributed by atoms with E-state index in [1.807, 2.05) is 6.92 Å². The predicted molar refractivity (Wildman–Crippen MR) is 106 cm³/mol. The minimum absolute atomic E-state index is 0.00542. The van der Waals surface area contributed by atoms with Crippen LogP contribution in [0.15, 0.2) is 49.1 Å². The average molecular weight is 354 g/mol. The number of rotatable bonds is 11. The van der Waals surface area contributed by atoms with Crippen LogP contribution in [0.4, 0.5) is 0 Å². The van der Waals surface area contributed by atoms with Crippen molar-refractivity contribution < 1.29 is 14.3 Å². The molecule has 0 aliphatic heterocycles. The molecule has 0 aromatic heterocycles. The zero-order valence-corrected chi connectivity index (χ0v) is 15.4. The van der Waals surface area contributed by atoms with Crippen LogP contribution in [-0.2, 0) is 4.79 Å². The number of benzene rings is 1. The second-order valence-corrected chi connectivity index (χ2v) is 6.07. The highest BCUT2D eigenvalue weighted by Crippen LogP contribution is 2.20. The standard InChI is InChI=1S/C21H26N2O3/c1-5-18(22)14(2)7-6-8-15(3)19(24)11-9-16-10-12-20(26-4)17(13-16)21(23)25/h5,9-13,15,22H,1-2,6-8H2,3-4H3,(H2,23,25). The van der Waals surface area contributed by atoms with Crippen LogP contribution in [0, 0.1) is 11.3 Å². The zero-order valence-electron chi connectivity index (χ0n) is 15.4. The zero-order chi connectivity index (χ0) is 19.7. The molecule has 5 heteroatoms. The first-order valence-corrected chi connectivity index (χ1v) is 8.39. The van der Waals surface area contributed by atoms with E-state index in [4.69, 9.17) is 15.9 Å². The molecule has 5 nitrogen and oxygen atoms in total. The number of carbonyl (C=O) groups excluding carboxylic acids is 2. The highest BCUT2D eigenvalue weighted by Gasteiger charge is 2.12. The molecule has 0 bridgehead atoms. The number of hydrogen-bond acceptors (Lipinski definition) is 4. The third-order valence-electron chi connectivity index (χ3n) is 4.12. The van der Waals surface area contributed by atoms with Gasteiger partial charge >= 0.3 is 0 Å². The van der Waals surface area contributed by atoms with Gasteiger partial charge in [0.05, 0.1) is 18.4 Å². The fourth-order valence-electron chi connectivity index (χ4n) is 2.41. The van der Waals surface area contributed by atoms with Gasteiger partial charge in [0.2, 0.25) is 0 Å². The van der Waals surface area contributed by atoms with Crippen molar-refractivity contribution in [3.8, 4) is 5.75 Å². The third kappa shape index (κ3) is 6.16. The molecule has 26 heavy (non-hydrogen) atoms. The first kappa shape index (κ1) is 21.1. The molecule has 0 aliphatic carbocycles. The van der Waals surface area contributed by atoms with Gasteiger partial charge < -0.3 is 15.9 Å². The van der Waals surface area contributed by atoms with Crippen molar-refractivity contribution in [3.05, 3.63) is 60.2 Å². The lowest BCUT2D eigenvalue weighted by Gasteiger charge is -2.09. The SMILES string of the molecule is C=CC(=N)C(=C)CCCC(C)C(=O)C=Cc1ccc(OC)c(C(N)=O)c1. The first-order chi connectivity index (χ1) is 12.3. The Kier molecular flexibility index (Phi) is 8.22. The van der Waals surface area contributed by atoms with E-state index in [0.717, 1.165) is 12.0 Å². The van der Waals surface area contributed by atoms with Gasteiger partial charge in [0.25, 0.3) is 5.91 Å². The number of allylic oxidation sites excluding steroid dienone is 3. The van der Waals surface area contributed by atoms with Crippen LogP contribution in [0.5, 0.6) is 5.75 Å². The maximum absolute atomic E-state index is 12.2. The van der Waals surface area contributed by atoms with Gasteiger partial charge in [-0.25, -0.2) is 0 Å². The monoisotopic (exact) mass is 354 g/mol. The Bertz CT molecular complexity index is 748. The highest BCUT2D eigenvalue weighted by molar-refractivity contribution is 6.05. The van der Waals surface area contributed by atoms with Gasteiger partial charge in [0.1, 0.15) is 5.75 Å². The van der Waals surface area contributed by atoms with E-state index < -0.39 is 5.91 Å². The molecule has 0 aliphatic rings. The molecule has 1 atom stereocenters. The van der Waals surface area contributed by atoms with E-state index in [1.165, 1.54) is 19.3 Å². The third-order valence-corrected chi connectivity index (χ3v) is 4.12. The lowest BCUT2D eigenvalue weighted by molar-refractivity contribution is -0.117. The first-order valence-electron chi connectivity index (χ1n) is 8.39. The van der Waals surface area contributed by atoms with Crippen molar-refractivity contribution in [1.82, 2.24) is 0 Å². The fraction of sp³-hybridized carbons (Fsp3) is 0.286. The molecule has 1 amide bonds. The van der Waals surface area contributed by atoms with E-state index in [0.29, 0.717) is 29.9 Å². The molecule has 0 radical (unpaired) electrons. The molecule has 1 aromatic rings. The van der Waals surface area contributed by atoms with Gasteiger partial charge in [-0.1, -0.05) is 32.2 Å². The smallest absolute Gasteiger partial charge is 0.252 e. The summed E-state index contributed by atoms with van der Waals surface area (Å²) in [5.74, 6) is -0.307. The minimum atomic E-state index is -0.581. The van der Waals surface area contributed by atoms with E-state index in [1.54, 1.807) is 24.3 Å². The van der Waals surface area contributed by atoms with E-state index in [-0.39, 0.29) is 17.3 Å². The van der Waals surface area contributed by atoms with Crippen LogP contribution in [0.1, 0.15) is 42.1 Å². The van der Waals surface area contributed by atoms with Crippen LogP contribution >= 0.6 is 0 Å². The average Bonchev–Trinajstić information content (AvgIpc) is 2.64. The van der Waals surface area contributed by atoms with Gasteiger partial charge in [0, 0.05) is 5.92 Å². The number of hydrogen-bond donors (Lipinski definition) is 2. The van der Waals surface area contributed by atoms with E-state index in [9.17, 15) is 9.59 Å². The Hall–Kier alpha value is -2.95. The van der Waals surface area contributed by atoms with E-state index >= 15 is 0 Å². The topological polar surface area (TPSA) is 93.2 Å². The second-order valence-electron chi connectivity index (χ2n) is 6.07. The van der Waals surface area contributed by atoms with Gasteiger partial charge in [-0.05, 0) is 54.7 Å². The molecular weight excluding hydrogens is 328 g/mol. The number of carbonyl (C=O) groups is 2. The predicted octanol–water partition coefficient (Wildman–Crippen LogP) is 3.94. The Morgan fingerprint density at radius 2 is 2.08 bits per heavy atom. The number of ketones is 1. The molecule has 138 valence electrons. The highest BCUT2D eigenvalue weighted by atomic mass is 16.5. The molecule has 0 heterocycles. The van der Waals surface area contributed by atoms with Crippen LogP contribution in [0.25, 0.3) is 6.08 Å². The number of primary amides is 1. The van der Waals surface area contributed by atoms with Gasteiger partial charge in [-0.15, -0.1) is 0 Å². The summed E-state index contributed by atoms with van der Waals surface area (Å²) in [4.78, 5) is 23.7. The van der Waals surface area contributed by atoms with Gasteiger partial charge in [-0.3, -0.25) is 9.59 Å². The molecular formula is C21H26N2O3. The molecule has 0 spiro atoms. The number of methoxy groups -OCH3 is 1. The molecule has 0 fully saturated rings. The molecule has 0 saturated carbocycles. The number of amides is 1. The molecule has 3 N–H and O–H groups in total. The summed E-state index contributed by atoms with van der Waals surface area (Å²) in [6.07, 6.45) is 6.81. The van der Waals surface area contributed by atoms with Crippen LogP contribution in [-0.4, -0.2) is 24.5 Å². The van der Waals surface area contributed by atoms with Crippen molar-refractivity contribution in [1.29, 1.82) is 5.41 Å². The Morgan fingerprint density at radius 1 is 1.38 bits per heavy atom. The lowest BCUT2D eigenvalue weighted by Crippen LogP contribution is -2.12. The van der Waals surface area contributed by atoms with E-state index in [2.05, 4.69) is 13.2 Å². The van der Waals surface area contributed by atoms with Crippen LogP contribution in [0.2, 0.25) is 0 Å². The molecule has 1 rings (SSSR count). The number of nitrogens with two attached hydrogens (primary N) is 1. The summed E-state index contributed by atoms with van der Waals surface area (Å²) in [7, 11) is 1.47.